The van der Waals surface area contributed by atoms with E-state index in [-0.39, 0.29) is 19.4 Å². The highest BCUT2D eigenvalue weighted by Crippen LogP contribution is 2.35. The van der Waals surface area contributed by atoms with Crippen molar-refractivity contribution in [3.05, 3.63) is 77.7 Å². The largest absolute Gasteiger partial charge is 0.462 e. The van der Waals surface area contributed by atoms with E-state index in [1.54, 1.807) is 0 Å². The number of hydrogen-bond donors (Lipinski definition) is 3. The number of carbonyl (C=O) groups excluding carboxylic acids is 1. The Morgan fingerprint density at radius 1 is 1.13 bits per heavy atom. The molecule has 1 amide bonds. The van der Waals surface area contributed by atoms with E-state index in [1.165, 1.54) is 6.26 Å². The Hall–Kier alpha value is -3.03. The maximum absolute atomic E-state index is 12.9. The number of aliphatic hydroxyl groups is 1. The van der Waals surface area contributed by atoms with Gasteiger partial charge in [0.2, 0.25) is 12.7 Å². The number of hydrogen-bond acceptors (Lipinski definition) is 6. The van der Waals surface area contributed by atoms with E-state index in [0.717, 1.165) is 29.7 Å². The maximum Gasteiger partial charge on any atom is 0.246 e. The van der Waals surface area contributed by atoms with Crippen molar-refractivity contribution in [1.29, 1.82) is 0 Å². The van der Waals surface area contributed by atoms with Crippen molar-refractivity contribution in [2.45, 2.75) is 37.5 Å². The van der Waals surface area contributed by atoms with Crippen LogP contribution >= 0.6 is 0 Å². The van der Waals surface area contributed by atoms with Crippen LogP contribution in [0.4, 0.5) is 5.69 Å². The number of ether oxygens (including phenoxy) is 2. The number of likely N-dealkylation sites (tertiary alicyclic amines) is 1. The highest BCUT2D eigenvalue weighted by Gasteiger charge is 2.50. The summed E-state index contributed by atoms with van der Waals surface area (Å²) in [6.07, 6.45) is 3.61. The minimum absolute atomic E-state index is 0.00459. The molecule has 164 valence electrons. The number of rotatable bonds is 8. The molecule has 4 N–H and O–H groups in total. The zero-order chi connectivity index (χ0) is 21.7. The first-order valence-electron chi connectivity index (χ1n) is 10.6. The highest BCUT2D eigenvalue weighted by molar-refractivity contribution is 5.88. The summed E-state index contributed by atoms with van der Waals surface area (Å²) in [6, 6.07) is 17.9. The predicted molar refractivity (Wildman–Crippen MR) is 118 cm³/mol. The molecular formula is C24H29N3O4. The smallest absolute Gasteiger partial charge is 0.246 e. The van der Waals surface area contributed by atoms with E-state index in [0.29, 0.717) is 25.3 Å². The van der Waals surface area contributed by atoms with Gasteiger partial charge in [-0.05, 0) is 24.5 Å². The Kier molecular flexibility index (Phi) is 6.44. The molecule has 7 heteroatoms. The molecule has 1 atom stereocenters. The zero-order valence-electron chi connectivity index (χ0n) is 17.5. The lowest BCUT2D eigenvalue weighted by Crippen LogP contribution is -2.62. The highest BCUT2D eigenvalue weighted by atomic mass is 16.7. The Morgan fingerprint density at radius 2 is 1.84 bits per heavy atom. The van der Waals surface area contributed by atoms with Gasteiger partial charge in [0.1, 0.15) is 6.26 Å². The van der Waals surface area contributed by atoms with Gasteiger partial charge in [-0.25, -0.2) is 0 Å². The van der Waals surface area contributed by atoms with Crippen LogP contribution in [0.25, 0.3) is 0 Å². The SMILES string of the molecule is NC(=O)C(Cc1ccccc1)(C1=COCO1)N1CCC(Nc2ccccc2CO)CC1. The summed E-state index contributed by atoms with van der Waals surface area (Å²) in [4.78, 5) is 15.1. The minimum atomic E-state index is -1.09. The molecule has 1 saturated heterocycles. The molecule has 4 rings (SSSR count). The van der Waals surface area contributed by atoms with Crippen molar-refractivity contribution in [3.63, 3.8) is 0 Å². The Bertz CT molecular complexity index is 925. The van der Waals surface area contributed by atoms with Crippen molar-refractivity contribution in [2.24, 2.45) is 5.73 Å². The van der Waals surface area contributed by atoms with Crippen LogP contribution in [0, 0.1) is 0 Å². The fraction of sp³-hybridized carbons (Fsp3) is 0.375. The predicted octanol–water partition coefficient (Wildman–Crippen LogP) is 2.37. The average Bonchev–Trinajstić information content (AvgIpc) is 3.34. The quantitative estimate of drug-likeness (QED) is 0.603. The summed E-state index contributed by atoms with van der Waals surface area (Å²) in [5, 5.41) is 13.1. The first-order chi connectivity index (χ1) is 15.1. The number of aliphatic hydroxyl groups excluding tert-OH is 1. The van der Waals surface area contributed by atoms with E-state index in [2.05, 4.69) is 10.2 Å². The van der Waals surface area contributed by atoms with Crippen molar-refractivity contribution >= 4 is 11.6 Å². The fourth-order valence-electron chi connectivity index (χ4n) is 4.49. The number of nitrogens with two attached hydrogens (primary N) is 1. The number of nitrogens with zero attached hydrogens (tertiary/aromatic N) is 1. The molecule has 2 aromatic carbocycles. The monoisotopic (exact) mass is 423 g/mol. The number of anilines is 1. The third-order valence-electron chi connectivity index (χ3n) is 6.17. The van der Waals surface area contributed by atoms with E-state index >= 15 is 0 Å². The van der Waals surface area contributed by atoms with Gasteiger partial charge < -0.3 is 25.6 Å². The summed E-state index contributed by atoms with van der Waals surface area (Å²) < 4.78 is 11.0. The van der Waals surface area contributed by atoms with Gasteiger partial charge >= 0.3 is 0 Å². The van der Waals surface area contributed by atoms with Gasteiger partial charge in [-0.1, -0.05) is 48.5 Å². The number of nitrogens with one attached hydrogen (secondary N) is 1. The summed E-state index contributed by atoms with van der Waals surface area (Å²) >= 11 is 0. The first kappa shape index (κ1) is 21.2. The fourth-order valence-corrected chi connectivity index (χ4v) is 4.49. The molecule has 31 heavy (non-hydrogen) atoms. The molecule has 7 nitrogen and oxygen atoms in total. The molecule has 1 fully saturated rings. The summed E-state index contributed by atoms with van der Waals surface area (Å²) in [5.41, 5.74) is 7.77. The van der Waals surface area contributed by atoms with E-state index in [9.17, 15) is 9.90 Å². The maximum atomic E-state index is 12.9. The van der Waals surface area contributed by atoms with E-state index < -0.39 is 11.4 Å². The van der Waals surface area contributed by atoms with Crippen molar-refractivity contribution in [3.8, 4) is 0 Å². The summed E-state index contributed by atoms with van der Waals surface area (Å²) in [5.74, 6) is 0.0334. The van der Waals surface area contributed by atoms with Crippen LogP contribution in [0.5, 0.6) is 0 Å². The molecule has 0 radical (unpaired) electrons. The molecule has 0 aromatic heterocycles. The summed E-state index contributed by atoms with van der Waals surface area (Å²) in [7, 11) is 0. The number of piperidine rings is 1. The topological polar surface area (TPSA) is 97.1 Å². The third kappa shape index (κ3) is 4.38. The summed E-state index contributed by atoms with van der Waals surface area (Å²) in [6.45, 7) is 1.44. The normalized spacial score (nSPS) is 19.1. The Morgan fingerprint density at radius 3 is 2.48 bits per heavy atom. The van der Waals surface area contributed by atoms with Crippen LogP contribution in [0.1, 0.15) is 24.0 Å². The standard InChI is InChI=1S/C24H29N3O4/c25-23(29)24(22-16-30-17-31-22,14-18-6-2-1-3-7-18)27-12-10-20(11-13-27)26-21-9-5-4-8-19(21)15-28/h1-9,16,20,26,28H,10-15,17H2,(H2,25,29). The van der Waals surface area contributed by atoms with Crippen molar-refractivity contribution in [2.75, 3.05) is 25.2 Å². The second-order valence-electron chi connectivity index (χ2n) is 8.02. The lowest BCUT2D eigenvalue weighted by molar-refractivity contribution is -0.131. The van der Waals surface area contributed by atoms with Gasteiger partial charge in [-0.2, -0.15) is 0 Å². The van der Waals surface area contributed by atoms with Crippen LogP contribution < -0.4 is 11.1 Å². The molecule has 2 aliphatic rings. The molecule has 0 aliphatic carbocycles. The van der Waals surface area contributed by atoms with Gasteiger partial charge in [-0.15, -0.1) is 0 Å². The van der Waals surface area contributed by atoms with Gasteiger partial charge in [-0.3, -0.25) is 9.69 Å². The van der Waals surface area contributed by atoms with Crippen LogP contribution in [-0.4, -0.2) is 47.4 Å². The Balaban J connectivity index is 1.54. The van der Waals surface area contributed by atoms with E-state index in [1.807, 2.05) is 54.6 Å². The van der Waals surface area contributed by atoms with Crippen LogP contribution in [0.15, 0.2) is 66.6 Å². The lowest BCUT2D eigenvalue weighted by atomic mass is 9.84. The van der Waals surface area contributed by atoms with Gasteiger partial charge in [0.25, 0.3) is 0 Å². The van der Waals surface area contributed by atoms with Crippen LogP contribution in [0.3, 0.4) is 0 Å². The number of benzene rings is 2. The van der Waals surface area contributed by atoms with Crippen molar-refractivity contribution < 1.29 is 19.4 Å². The number of para-hydroxylation sites is 1. The number of amides is 1. The first-order valence-corrected chi connectivity index (χ1v) is 10.6. The molecule has 0 saturated carbocycles. The second kappa shape index (κ2) is 9.41. The number of primary amides is 1. The molecular weight excluding hydrogens is 394 g/mol. The molecule has 2 aromatic rings. The van der Waals surface area contributed by atoms with Gasteiger partial charge in [0, 0.05) is 36.8 Å². The number of carbonyl (C=O) groups is 1. The zero-order valence-corrected chi connectivity index (χ0v) is 17.5. The van der Waals surface area contributed by atoms with Crippen LogP contribution in [-0.2, 0) is 27.3 Å². The molecule has 2 aliphatic heterocycles. The van der Waals surface area contributed by atoms with Crippen LogP contribution in [0.2, 0.25) is 0 Å². The molecule has 0 spiro atoms. The van der Waals surface area contributed by atoms with Gasteiger partial charge in [0.05, 0.1) is 6.61 Å². The van der Waals surface area contributed by atoms with Crippen molar-refractivity contribution in [1.82, 2.24) is 4.90 Å². The van der Waals surface area contributed by atoms with Gasteiger partial charge in [0.15, 0.2) is 11.3 Å². The Labute approximate surface area is 182 Å². The minimum Gasteiger partial charge on any atom is -0.462 e. The van der Waals surface area contributed by atoms with E-state index in [4.69, 9.17) is 15.2 Å². The lowest BCUT2D eigenvalue weighted by Gasteiger charge is -2.45. The second-order valence-corrected chi connectivity index (χ2v) is 8.02. The molecule has 0 bridgehead atoms. The third-order valence-corrected chi connectivity index (χ3v) is 6.17. The average molecular weight is 424 g/mol. The molecule has 1 unspecified atom stereocenters. The molecule has 2 heterocycles.